The summed E-state index contributed by atoms with van der Waals surface area (Å²) < 4.78 is 0. The second-order valence-electron chi connectivity index (χ2n) is 2.96. The van der Waals surface area contributed by atoms with Crippen LogP contribution in [0.3, 0.4) is 0 Å². The number of hydrogen-bond acceptors (Lipinski definition) is 2. The summed E-state index contributed by atoms with van der Waals surface area (Å²) in [5.74, 6) is 0.0336. The molecule has 0 heterocycles. The Balaban J connectivity index is 2.81. The van der Waals surface area contributed by atoms with Gasteiger partial charge in [-0.25, -0.2) is 4.79 Å². The third-order valence-corrected chi connectivity index (χ3v) is 1.91. The Hall–Kier alpha value is -1.42. The van der Waals surface area contributed by atoms with Crippen LogP contribution in [0.1, 0.15) is 5.56 Å². The van der Waals surface area contributed by atoms with Crippen LogP contribution in [0.15, 0.2) is 18.2 Å². The van der Waals surface area contributed by atoms with E-state index in [-0.39, 0.29) is 12.3 Å². The SMILES string of the molecule is CN(Cc1cc(O)cc(Cl)c1)C(=O)O. The smallest absolute Gasteiger partial charge is 0.407 e. The van der Waals surface area contributed by atoms with Gasteiger partial charge in [-0.1, -0.05) is 11.6 Å². The van der Waals surface area contributed by atoms with Gasteiger partial charge in [-0.3, -0.25) is 0 Å². The van der Waals surface area contributed by atoms with E-state index in [2.05, 4.69) is 0 Å². The van der Waals surface area contributed by atoms with Crippen molar-refractivity contribution < 1.29 is 15.0 Å². The van der Waals surface area contributed by atoms with Crippen molar-refractivity contribution in [1.82, 2.24) is 4.90 Å². The molecule has 0 saturated carbocycles. The van der Waals surface area contributed by atoms with Crippen molar-refractivity contribution in [3.63, 3.8) is 0 Å². The first kappa shape index (κ1) is 10.7. The first-order valence-corrected chi connectivity index (χ1v) is 4.29. The van der Waals surface area contributed by atoms with Crippen LogP contribution in [-0.4, -0.2) is 28.3 Å². The summed E-state index contributed by atoms with van der Waals surface area (Å²) in [5.41, 5.74) is 0.653. The van der Waals surface area contributed by atoms with E-state index in [1.165, 1.54) is 19.2 Å². The topological polar surface area (TPSA) is 60.8 Å². The van der Waals surface area contributed by atoms with Crippen molar-refractivity contribution in [2.75, 3.05) is 7.05 Å². The molecule has 0 aliphatic heterocycles. The number of benzene rings is 1. The molecule has 14 heavy (non-hydrogen) atoms. The lowest BCUT2D eigenvalue weighted by Crippen LogP contribution is -2.23. The highest BCUT2D eigenvalue weighted by atomic mass is 35.5. The molecule has 0 spiro atoms. The van der Waals surface area contributed by atoms with E-state index in [1.54, 1.807) is 6.07 Å². The molecule has 0 atom stereocenters. The normalized spacial score (nSPS) is 9.86. The molecular weight excluding hydrogens is 206 g/mol. The molecular formula is C9H10ClNO3. The molecule has 0 radical (unpaired) electrons. The van der Waals surface area contributed by atoms with Gasteiger partial charge >= 0.3 is 6.09 Å². The van der Waals surface area contributed by atoms with Gasteiger partial charge in [0, 0.05) is 18.6 Å². The van der Waals surface area contributed by atoms with Gasteiger partial charge in [0.05, 0.1) is 0 Å². The molecule has 0 unspecified atom stereocenters. The second kappa shape index (κ2) is 4.19. The molecule has 0 bridgehead atoms. The predicted molar refractivity (Wildman–Crippen MR) is 52.6 cm³/mol. The Morgan fingerprint density at radius 3 is 2.64 bits per heavy atom. The highest BCUT2D eigenvalue weighted by molar-refractivity contribution is 6.30. The number of carbonyl (C=O) groups is 1. The standard InChI is InChI=1S/C9H10ClNO3/c1-11(9(13)14)5-6-2-7(10)4-8(12)3-6/h2-4,12H,5H2,1H3,(H,13,14). The highest BCUT2D eigenvalue weighted by Gasteiger charge is 2.07. The maximum Gasteiger partial charge on any atom is 0.407 e. The van der Waals surface area contributed by atoms with E-state index in [0.29, 0.717) is 10.6 Å². The fraction of sp³-hybridized carbons (Fsp3) is 0.222. The quantitative estimate of drug-likeness (QED) is 0.795. The summed E-state index contributed by atoms with van der Waals surface area (Å²) in [6.45, 7) is 0.198. The zero-order chi connectivity index (χ0) is 10.7. The zero-order valence-corrected chi connectivity index (χ0v) is 8.32. The number of phenolic OH excluding ortho intramolecular Hbond substituents is 1. The van der Waals surface area contributed by atoms with Gasteiger partial charge in [-0.2, -0.15) is 0 Å². The average molecular weight is 216 g/mol. The summed E-state index contributed by atoms with van der Waals surface area (Å²) in [4.78, 5) is 11.6. The van der Waals surface area contributed by atoms with Crippen LogP contribution in [0.25, 0.3) is 0 Å². The Kier molecular flexibility index (Phi) is 3.19. The minimum atomic E-state index is -1.02. The predicted octanol–water partition coefficient (Wildman–Crippen LogP) is 2.16. The summed E-state index contributed by atoms with van der Waals surface area (Å²) in [5, 5.41) is 18.2. The number of phenols is 1. The lowest BCUT2D eigenvalue weighted by Gasteiger charge is -2.12. The van der Waals surface area contributed by atoms with E-state index < -0.39 is 6.09 Å². The minimum absolute atomic E-state index is 0.0336. The van der Waals surface area contributed by atoms with Gasteiger partial charge in [0.1, 0.15) is 5.75 Å². The van der Waals surface area contributed by atoms with E-state index >= 15 is 0 Å². The fourth-order valence-electron chi connectivity index (χ4n) is 1.07. The molecule has 1 aromatic carbocycles. The first-order valence-electron chi connectivity index (χ1n) is 3.91. The van der Waals surface area contributed by atoms with Crippen LogP contribution in [0.4, 0.5) is 4.79 Å². The summed E-state index contributed by atoms with van der Waals surface area (Å²) in [6, 6.07) is 4.48. The van der Waals surface area contributed by atoms with Crippen molar-refractivity contribution in [3.8, 4) is 5.75 Å². The van der Waals surface area contributed by atoms with Gasteiger partial charge in [-0.15, -0.1) is 0 Å². The van der Waals surface area contributed by atoms with Crippen LogP contribution in [0.5, 0.6) is 5.75 Å². The van der Waals surface area contributed by atoms with E-state index in [9.17, 15) is 9.90 Å². The Labute approximate surface area is 86.3 Å². The minimum Gasteiger partial charge on any atom is -0.508 e. The largest absolute Gasteiger partial charge is 0.508 e. The van der Waals surface area contributed by atoms with E-state index in [0.717, 1.165) is 4.90 Å². The summed E-state index contributed by atoms with van der Waals surface area (Å²) in [7, 11) is 1.44. The number of rotatable bonds is 2. The molecule has 0 saturated heterocycles. The Bertz CT molecular complexity index is 334. The summed E-state index contributed by atoms with van der Waals surface area (Å²) >= 11 is 5.69. The van der Waals surface area contributed by atoms with Crippen molar-refractivity contribution >= 4 is 17.7 Å². The van der Waals surface area contributed by atoms with Gasteiger partial charge in [0.25, 0.3) is 0 Å². The maximum atomic E-state index is 10.5. The number of halogens is 1. The van der Waals surface area contributed by atoms with Crippen LogP contribution < -0.4 is 0 Å². The number of carboxylic acid groups (broad SMARTS) is 1. The lowest BCUT2D eigenvalue weighted by atomic mass is 10.2. The van der Waals surface area contributed by atoms with Gasteiger partial charge in [-0.05, 0) is 23.8 Å². The first-order chi connectivity index (χ1) is 6.49. The molecule has 0 aliphatic carbocycles. The molecule has 1 aromatic rings. The van der Waals surface area contributed by atoms with Crippen LogP contribution in [-0.2, 0) is 6.54 Å². The number of hydrogen-bond donors (Lipinski definition) is 2. The van der Waals surface area contributed by atoms with Crippen molar-refractivity contribution in [3.05, 3.63) is 28.8 Å². The molecule has 4 nitrogen and oxygen atoms in total. The van der Waals surface area contributed by atoms with Crippen molar-refractivity contribution in [1.29, 1.82) is 0 Å². The average Bonchev–Trinajstić information content (AvgIpc) is 2.01. The van der Waals surface area contributed by atoms with Crippen LogP contribution >= 0.6 is 11.6 Å². The third-order valence-electron chi connectivity index (χ3n) is 1.69. The monoisotopic (exact) mass is 215 g/mol. The maximum absolute atomic E-state index is 10.5. The van der Waals surface area contributed by atoms with Gasteiger partial charge in [0.2, 0.25) is 0 Å². The molecule has 0 aromatic heterocycles. The Morgan fingerprint density at radius 1 is 1.50 bits per heavy atom. The number of amides is 1. The second-order valence-corrected chi connectivity index (χ2v) is 3.39. The molecule has 0 aliphatic rings. The fourth-order valence-corrected chi connectivity index (χ4v) is 1.32. The molecule has 76 valence electrons. The van der Waals surface area contributed by atoms with Crippen LogP contribution in [0, 0.1) is 0 Å². The van der Waals surface area contributed by atoms with E-state index in [4.69, 9.17) is 16.7 Å². The lowest BCUT2D eigenvalue weighted by molar-refractivity contribution is 0.153. The molecule has 0 fully saturated rings. The van der Waals surface area contributed by atoms with Crippen molar-refractivity contribution in [2.24, 2.45) is 0 Å². The molecule has 1 amide bonds. The molecule has 2 N–H and O–H groups in total. The van der Waals surface area contributed by atoms with E-state index in [1.807, 2.05) is 0 Å². The molecule has 1 rings (SSSR count). The van der Waals surface area contributed by atoms with Gasteiger partial charge in [0.15, 0.2) is 0 Å². The Morgan fingerprint density at radius 2 is 2.14 bits per heavy atom. The number of aromatic hydroxyl groups is 1. The highest BCUT2D eigenvalue weighted by Crippen LogP contribution is 2.20. The van der Waals surface area contributed by atoms with Crippen LogP contribution in [0.2, 0.25) is 5.02 Å². The number of nitrogens with zero attached hydrogens (tertiary/aromatic N) is 1. The van der Waals surface area contributed by atoms with Crippen molar-refractivity contribution in [2.45, 2.75) is 6.54 Å². The molecule has 5 heteroatoms. The third kappa shape index (κ3) is 2.81. The zero-order valence-electron chi connectivity index (χ0n) is 7.57. The summed E-state index contributed by atoms with van der Waals surface area (Å²) in [6.07, 6.45) is -1.02. The van der Waals surface area contributed by atoms with Gasteiger partial charge < -0.3 is 15.1 Å².